The number of hydrogen-bond donors (Lipinski definition) is 2. The van der Waals surface area contributed by atoms with Crippen LogP contribution in [0.3, 0.4) is 0 Å². The molecule has 0 bridgehead atoms. The fraction of sp³-hybridized carbons (Fsp3) is 0.231. The molecular weight excluding hydrogens is 218 g/mol. The molecule has 2 aromatic carbocycles. The summed E-state index contributed by atoms with van der Waals surface area (Å²) in [5, 5.41) is 5.84. The third kappa shape index (κ3) is 2.90. The van der Waals surface area contributed by atoms with Crippen molar-refractivity contribution in [1.82, 2.24) is 0 Å². The highest BCUT2D eigenvalue weighted by atomic mass is 32.1. The van der Waals surface area contributed by atoms with E-state index in [1.54, 1.807) is 0 Å². The van der Waals surface area contributed by atoms with Crippen LogP contribution in [0.1, 0.15) is 5.56 Å². The lowest BCUT2D eigenvalue weighted by atomic mass is 10.0. The van der Waals surface area contributed by atoms with Crippen molar-refractivity contribution in [2.45, 2.75) is 6.92 Å². The van der Waals surface area contributed by atoms with Crippen molar-refractivity contribution in [2.24, 2.45) is 0 Å². The molecule has 0 spiro atoms. The summed E-state index contributed by atoms with van der Waals surface area (Å²) >= 11 is 3.29. The van der Waals surface area contributed by atoms with Crippen molar-refractivity contribution < 1.29 is 4.18 Å². The van der Waals surface area contributed by atoms with E-state index >= 15 is 0 Å². The van der Waals surface area contributed by atoms with Crippen LogP contribution >= 0.6 is 12.9 Å². The van der Waals surface area contributed by atoms with Crippen molar-refractivity contribution in [3.05, 3.63) is 42.0 Å². The smallest absolute Gasteiger partial charge is 0.0500 e. The standard InChI is InChI=1S/C12H13N.CH4OS/c1-9-5-3-6-10-7-4-8-11(13-2)12(9)10;1-2-3/h3-8,13H,1-2H3;3H,1H3. The SMILES string of the molecule is CNc1cccc2cccc(C)c12.COS. The van der Waals surface area contributed by atoms with Gasteiger partial charge in [0, 0.05) is 25.2 Å². The maximum absolute atomic E-state index is 3.94. The second-order valence-corrected chi connectivity index (χ2v) is 3.78. The minimum atomic E-state index is 1.20. The van der Waals surface area contributed by atoms with Gasteiger partial charge in [-0.2, -0.15) is 0 Å². The largest absolute Gasteiger partial charge is 0.388 e. The summed E-state index contributed by atoms with van der Waals surface area (Å²) in [6.45, 7) is 2.14. The Hall–Kier alpha value is -1.19. The minimum Gasteiger partial charge on any atom is -0.388 e. The molecule has 0 aliphatic heterocycles. The molecule has 0 unspecified atom stereocenters. The van der Waals surface area contributed by atoms with E-state index in [0.29, 0.717) is 0 Å². The van der Waals surface area contributed by atoms with E-state index in [1.165, 1.54) is 29.1 Å². The van der Waals surface area contributed by atoms with Gasteiger partial charge in [-0.25, -0.2) is 0 Å². The molecule has 0 aromatic heterocycles. The molecule has 0 fully saturated rings. The van der Waals surface area contributed by atoms with Crippen LogP contribution in [-0.2, 0) is 4.18 Å². The summed E-state index contributed by atoms with van der Waals surface area (Å²) in [6, 6.07) is 12.7. The van der Waals surface area contributed by atoms with Gasteiger partial charge in [0.25, 0.3) is 0 Å². The Kier molecular flexibility index (Phi) is 5.15. The lowest BCUT2D eigenvalue weighted by molar-refractivity contribution is 0.500. The first kappa shape index (κ1) is 12.9. The average molecular weight is 235 g/mol. The van der Waals surface area contributed by atoms with Gasteiger partial charge >= 0.3 is 0 Å². The third-order valence-electron chi connectivity index (χ3n) is 2.38. The van der Waals surface area contributed by atoms with E-state index in [-0.39, 0.29) is 0 Å². The number of thiol groups is 1. The molecule has 0 radical (unpaired) electrons. The monoisotopic (exact) mass is 235 g/mol. The van der Waals surface area contributed by atoms with Crippen LogP contribution in [0, 0.1) is 6.92 Å². The Labute approximate surface area is 102 Å². The fourth-order valence-corrected chi connectivity index (χ4v) is 1.74. The van der Waals surface area contributed by atoms with E-state index in [1.807, 2.05) is 7.05 Å². The van der Waals surface area contributed by atoms with Gasteiger partial charge in [-0.1, -0.05) is 30.3 Å². The van der Waals surface area contributed by atoms with Gasteiger partial charge in [-0.05, 0) is 36.8 Å². The Morgan fingerprint density at radius 2 is 1.69 bits per heavy atom. The zero-order chi connectivity index (χ0) is 12.0. The van der Waals surface area contributed by atoms with Gasteiger partial charge in [0.05, 0.1) is 0 Å². The van der Waals surface area contributed by atoms with Crippen molar-refractivity contribution in [1.29, 1.82) is 0 Å². The van der Waals surface area contributed by atoms with Crippen molar-refractivity contribution >= 4 is 29.4 Å². The van der Waals surface area contributed by atoms with E-state index < -0.39 is 0 Å². The average Bonchev–Trinajstić information content (AvgIpc) is 2.30. The molecule has 0 aliphatic rings. The lowest BCUT2D eigenvalue weighted by Crippen LogP contribution is -1.90. The normalized spacial score (nSPS) is 9.50. The fourth-order valence-electron chi connectivity index (χ4n) is 1.74. The Balaban J connectivity index is 0.000000386. The number of fused-ring (bicyclic) bond motifs is 1. The molecule has 2 aromatic rings. The van der Waals surface area contributed by atoms with Crippen LogP contribution in [0.5, 0.6) is 0 Å². The molecule has 0 aliphatic carbocycles. The molecule has 2 rings (SSSR count). The summed E-state index contributed by atoms with van der Waals surface area (Å²) < 4.78 is 3.94. The lowest BCUT2D eigenvalue weighted by Gasteiger charge is -2.07. The van der Waals surface area contributed by atoms with Gasteiger partial charge in [0.2, 0.25) is 0 Å². The van der Waals surface area contributed by atoms with Gasteiger partial charge in [-0.3, -0.25) is 0 Å². The summed E-state index contributed by atoms with van der Waals surface area (Å²) in [5.74, 6) is 0. The Morgan fingerprint density at radius 1 is 1.12 bits per heavy atom. The van der Waals surface area contributed by atoms with Crippen LogP contribution in [0.25, 0.3) is 10.8 Å². The second-order valence-electron chi connectivity index (χ2n) is 3.41. The van der Waals surface area contributed by atoms with E-state index in [9.17, 15) is 0 Å². The summed E-state index contributed by atoms with van der Waals surface area (Å²) in [5.41, 5.74) is 2.53. The van der Waals surface area contributed by atoms with Crippen LogP contribution in [0.2, 0.25) is 0 Å². The highest BCUT2D eigenvalue weighted by molar-refractivity contribution is 7.75. The molecule has 0 atom stereocenters. The first-order chi connectivity index (χ1) is 7.74. The van der Waals surface area contributed by atoms with Crippen LogP contribution in [0.4, 0.5) is 5.69 Å². The zero-order valence-electron chi connectivity index (χ0n) is 9.82. The molecule has 86 valence electrons. The van der Waals surface area contributed by atoms with Crippen molar-refractivity contribution in [3.63, 3.8) is 0 Å². The number of hydrogen-bond acceptors (Lipinski definition) is 3. The van der Waals surface area contributed by atoms with Gasteiger partial charge in [0.1, 0.15) is 0 Å². The number of nitrogens with one attached hydrogen (secondary N) is 1. The molecule has 3 heteroatoms. The quantitative estimate of drug-likeness (QED) is 0.581. The number of aryl methyl sites for hydroxylation is 1. The molecule has 1 N–H and O–H groups in total. The number of rotatable bonds is 1. The predicted molar refractivity (Wildman–Crippen MR) is 74.2 cm³/mol. The van der Waals surface area contributed by atoms with Crippen LogP contribution in [-0.4, -0.2) is 14.2 Å². The summed E-state index contributed by atoms with van der Waals surface area (Å²) in [7, 11) is 3.45. The highest BCUT2D eigenvalue weighted by Gasteiger charge is 2.00. The predicted octanol–water partition coefficient (Wildman–Crippen LogP) is 3.67. The molecular formula is C13H17NOS. The first-order valence-corrected chi connectivity index (χ1v) is 5.44. The van der Waals surface area contributed by atoms with Crippen molar-refractivity contribution in [3.8, 4) is 0 Å². The Bertz CT molecular complexity index is 451. The molecule has 0 heterocycles. The van der Waals surface area contributed by atoms with E-state index in [2.05, 4.69) is 65.7 Å². The topological polar surface area (TPSA) is 21.3 Å². The van der Waals surface area contributed by atoms with Gasteiger partial charge in [-0.15, -0.1) is 0 Å². The number of anilines is 1. The maximum atomic E-state index is 3.94. The van der Waals surface area contributed by atoms with Crippen LogP contribution in [0.15, 0.2) is 36.4 Å². The van der Waals surface area contributed by atoms with E-state index in [4.69, 9.17) is 0 Å². The van der Waals surface area contributed by atoms with Crippen LogP contribution < -0.4 is 5.32 Å². The summed E-state index contributed by atoms with van der Waals surface area (Å²) in [6.07, 6.45) is 0. The molecule has 0 amide bonds. The molecule has 0 saturated carbocycles. The van der Waals surface area contributed by atoms with Crippen molar-refractivity contribution in [2.75, 3.05) is 19.5 Å². The zero-order valence-corrected chi connectivity index (χ0v) is 10.7. The van der Waals surface area contributed by atoms with Gasteiger partial charge < -0.3 is 9.50 Å². The third-order valence-corrected chi connectivity index (χ3v) is 2.38. The molecule has 0 saturated heterocycles. The van der Waals surface area contributed by atoms with Gasteiger partial charge in [0.15, 0.2) is 0 Å². The minimum absolute atomic E-state index is 1.20. The maximum Gasteiger partial charge on any atom is 0.0500 e. The molecule has 16 heavy (non-hydrogen) atoms. The summed E-state index contributed by atoms with van der Waals surface area (Å²) in [4.78, 5) is 0. The highest BCUT2D eigenvalue weighted by Crippen LogP contribution is 2.25. The second kappa shape index (κ2) is 6.40. The van der Waals surface area contributed by atoms with E-state index in [0.717, 1.165) is 0 Å². The molecule has 2 nitrogen and oxygen atoms in total. The first-order valence-electron chi connectivity index (χ1n) is 5.08. The number of benzene rings is 2. The Morgan fingerprint density at radius 3 is 2.25 bits per heavy atom.